The van der Waals surface area contributed by atoms with Gasteiger partial charge in [0.25, 0.3) is 0 Å². The molecule has 1 aliphatic heterocycles. The Morgan fingerprint density at radius 2 is 1.93 bits per heavy atom. The Bertz CT molecular complexity index is 939. The molecule has 5 nitrogen and oxygen atoms in total. The van der Waals surface area contributed by atoms with Gasteiger partial charge in [-0.05, 0) is 36.3 Å². The van der Waals surface area contributed by atoms with E-state index < -0.39 is 5.60 Å². The summed E-state index contributed by atoms with van der Waals surface area (Å²) in [5, 5.41) is 21.1. The number of para-hydroxylation sites is 1. The number of fused-ring (bicyclic) bond motifs is 1. The fourth-order valence-corrected chi connectivity index (χ4v) is 5.42. The second-order valence-electron chi connectivity index (χ2n) is 8.61. The van der Waals surface area contributed by atoms with Crippen LogP contribution < -0.4 is 4.74 Å². The van der Waals surface area contributed by atoms with Gasteiger partial charge in [0.05, 0.1) is 25.2 Å². The fourth-order valence-electron chi connectivity index (χ4n) is 5.42. The van der Waals surface area contributed by atoms with Crippen LogP contribution in [-0.4, -0.2) is 36.1 Å². The number of carbonyl (C=O) groups excluding carboxylic acids is 1. The van der Waals surface area contributed by atoms with Gasteiger partial charge >= 0.3 is 0 Å². The van der Waals surface area contributed by atoms with Crippen molar-refractivity contribution in [3.05, 3.63) is 65.7 Å². The molecule has 4 unspecified atom stereocenters. The average Bonchev–Trinajstić information content (AvgIpc) is 3.20. The molecule has 4 atom stereocenters. The Hall–Kier alpha value is -2.84. The highest BCUT2D eigenvalue weighted by Crippen LogP contribution is 2.51. The van der Waals surface area contributed by atoms with Crippen molar-refractivity contribution in [3.8, 4) is 11.8 Å². The molecule has 1 amide bonds. The number of carbonyl (C=O) groups is 1. The summed E-state index contributed by atoms with van der Waals surface area (Å²) in [4.78, 5) is 15.0. The number of benzene rings is 2. The van der Waals surface area contributed by atoms with Gasteiger partial charge in [0.1, 0.15) is 5.75 Å². The summed E-state index contributed by atoms with van der Waals surface area (Å²) in [7, 11) is 1.61. The standard InChI is InChI=1S/C25H28N2O3/c1-30-23-10-6-5-7-19(23)14-24(28)27-16-20-13-18(11-12-26)15-25(29,22(20)17-27)21-8-3-2-4-9-21/h2-10,18,20,22,29H,11,13-17H2,1H3. The molecule has 30 heavy (non-hydrogen) atoms. The molecule has 2 aromatic rings. The lowest BCUT2D eigenvalue weighted by Gasteiger charge is -2.44. The van der Waals surface area contributed by atoms with Crippen molar-refractivity contribution >= 4 is 5.91 Å². The van der Waals surface area contributed by atoms with E-state index in [2.05, 4.69) is 6.07 Å². The molecule has 0 aromatic heterocycles. The van der Waals surface area contributed by atoms with Gasteiger partial charge in [-0.2, -0.15) is 5.26 Å². The number of ether oxygens (including phenoxy) is 1. The minimum atomic E-state index is -1.01. The van der Waals surface area contributed by atoms with E-state index in [0.29, 0.717) is 25.9 Å². The first-order valence-corrected chi connectivity index (χ1v) is 10.6. The summed E-state index contributed by atoms with van der Waals surface area (Å²) >= 11 is 0. The number of hydrogen-bond acceptors (Lipinski definition) is 4. The van der Waals surface area contributed by atoms with Crippen molar-refractivity contribution in [2.24, 2.45) is 17.8 Å². The van der Waals surface area contributed by atoms with Gasteiger partial charge in [0, 0.05) is 31.0 Å². The third kappa shape index (κ3) is 3.80. The molecule has 2 fully saturated rings. The topological polar surface area (TPSA) is 73.6 Å². The minimum Gasteiger partial charge on any atom is -0.496 e. The zero-order valence-electron chi connectivity index (χ0n) is 17.3. The highest BCUT2D eigenvalue weighted by Gasteiger charge is 2.53. The number of methoxy groups -OCH3 is 1. The molecular weight excluding hydrogens is 376 g/mol. The minimum absolute atomic E-state index is 0.0172. The van der Waals surface area contributed by atoms with E-state index in [1.807, 2.05) is 59.5 Å². The van der Waals surface area contributed by atoms with Crippen LogP contribution in [0.1, 0.15) is 30.4 Å². The van der Waals surface area contributed by atoms with Crippen molar-refractivity contribution in [1.29, 1.82) is 5.26 Å². The molecule has 1 aliphatic carbocycles. The second-order valence-corrected chi connectivity index (χ2v) is 8.61. The van der Waals surface area contributed by atoms with E-state index in [-0.39, 0.29) is 30.1 Å². The summed E-state index contributed by atoms with van der Waals surface area (Å²) in [5.74, 6) is 1.10. The number of rotatable bonds is 5. The van der Waals surface area contributed by atoms with Crippen LogP contribution in [0.5, 0.6) is 5.75 Å². The number of nitriles is 1. The lowest BCUT2D eigenvalue weighted by Crippen LogP contribution is -2.45. The Balaban J connectivity index is 1.57. The van der Waals surface area contributed by atoms with Gasteiger partial charge in [0.15, 0.2) is 0 Å². The summed E-state index contributed by atoms with van der Waals surface area (Å²) in [6.07, 6.45) is 2.18. The van der Waals surface area contributed by atoms with Crippen molar-refractivity contribution in [2.75, 3.05) is 20.2 Å². The maximum absolute atomic E-state index is 13.1. The van der Waals surface area contributed by atoms with Gasteiger partial charge in [-0.3, -0.25) is 4.79 Å². The number of hydrogen-bond donors (Lipinski definition) is 1. The third-order valence-electron chi connectivity index (χ3n) is 6.83. The first kappa shape index (κ1) is 20.4. The first-order valence-electron chi connectivity index (χ1n) is 10.6. The van der Waals surface area contributed by atoms with Crippen LogP contribution in [0.25, 0.3) is 0 Å². The van der Waals surface area contributed by atoms with E-state index >= 15 is 0 Å². The van der Waals surface area contributed by atoms with Gasteiger partial charge < -0.3 is 14.7 Å². The van der Waals surface area contributed by atoms with E-state index in [1.165, 1.54) is 0 Å². The molecule has 0 spiro atoms. The molecule has 1 N–H and O–H groups in total. The maximum Gasteiger partial charge on any atom is 0.227 e. The zero-order valence-corrected chi connectivity index (χ0v) is 17.3. The first-order chi connectivity index (χ1) is 14.5. The summed E-state index contributed by atoms with van der Waals surface area (Å²) in [6, 6.07) is 19.6. The maximum atomic E-state index is 13.1. The van der Waals surface area contributed by atoms with Crippen LogP contribution in [0.4, 0.5) is 0 Å². The van der Waals surface area contributed by atoms with E-state index in [9.17, 15) is 15.2 Å². The molecule has 2 aromatic carbocycles. The van der Waals surface area contributed by atoms with Crippen molar-refractivity contribution in [1.82, 2.24) is 4.90 Å². The predicted octanol–water partition coefficient (Wildman–Crippen LogP) is 3.52. The lowest BCUT2D eigenvalue weighted by molar-refractivity contribution is -0.130. The Morgan fingerprint density at radius 3 is 2.67 bits per heavy atom. The Morgan fingerprint density at radius 1 is 1.20 bits per heavy atom. The SMILES string of the molecule is COc1ccccc1CC(=O)N1CC2CC(CC#N)CC(O)(c3ccccc3)C2C1. The second kappa shape index (κ2) is 8.49. The molecule has 156 valence electrons. The van der Waals surface area contributed by atoms with Crippen molar-refractivity contribution in [3.63, 3.8) is 0 Å². The van der Waals surface area contributed by atoms with Crippen molar-refractivity contribution in [2.45, 2.75) is 31.3 Å². The van der Waals surface area contributed by atoms with E-state index in [0.717, 1.165) is 23.3 Å². The van der Waals surface area contributed by atoms with Crippen LogP contribution in [0, 0.1) is 29.1 Å². The van der Waals surface area contributed by atoms with Crippen LogP contribution in [-0.2, 0) is 16.8 Å². The molecular formula is C25H28N2O3. The van der Waals surface area contributed by atoms with Crippen LogP contribution >= 0.6 is 0 Å². The summed E-state index contributed by atoms with van der Waals surface area (Å²) < 4.78 is 5.39. The van der Waals surface area contributed by atoms with E-state index in [4.69, 9.17) is 4.74 Å². The Kier molecular flexibility index (Phi) is 5.78. The van der Waals surface area contributed by atoms with Crippen LogP contribution in [0.3, 0.4) is 0 Å². The molecule has 1 saturated heterocycles. The molecule has 1 saturated carbocycles. The monoisotopic (exact) mass is 404 g/mol. The number of nitrogens with zero attached hydrogens (tertiary/aromatic N) is 2. The largest absolute Gasteiger partial charge is 0.496 e. The van der Waals surface area contributed by atoms with Gasteiger partial charge in [-0.15, -0.1) is 0 Å². The highest BCUT2D eigenvalue weighted by atomic mass is 16.5. The van der Waals surface area contributed by atoms with Crippen LogP contribution in [0.2, 0.25) is 0 Å². The summed E-state index contributed by atoms with van der Waals surface area (Å²) in [6.45, 7) is 1.18. The lowest BCUT2D eigenvalue weighted by atomic mass is 9.63. The van der Waals surface area contributed by atoms with Crippen molar-refractivity contribution < 1.29 is 14.6 Å². The fraction of sp³-hybridized carbons (Fsp3) is 0.440. The molecule has 0 bridgehead atoms. The zero-order chi connectivity index (χ0) is 21.1. The number of likely N-dealkylation sites (tertiary alicyclic amines) is 1. The Labute approximate surface area is 177 Å². The molecule has 1 heterocycles. The predicted molar refractivity (Wildman–Crippen MR) is 114 cm³/mol. The van der Waals surface area contributed by atoms with E-state index in [1.54, 1.807) is 7.11 Å². The van der Waals surface area contributed by atoms with Gasteiger partial charge in [-0.25, -0.2) is 0 Å². The molecule has 0 radical (unpaired) electrons. The highest BCUT2D eigenvalue weighted by molar-refractivity contribution is 5.80. The average molecular weight is 405 g/mol. The smallest absolute Gasteiger partial charge is 0.227 e. The van der Waals surface area contributed by atoms with Crippen LogP contribution in [0.15, 0.2) is 54.6 Å². The quantitative estimate of drug-likeness (QED) is 0.827. The van der Waals surface area contributed by atoms with Gasteiger partial charge in [0.2, 0.25) is 5.91 Å². The number of aliphatic hydroxyl groups is 1. The third-order valence-corrected chi connectivity index (χ3v) is 6.83. The molecule has 4 rings (SSSR count). The summed E-state index contributed by atoms with van der Waals surface area (Å²) in [5.41, 5.74) is 0.757. The number of amides is 1. The normalized spacial score (nSPS) is 27.9. The van der Waals surface area contributed by atoms with Gasteiger partial charge in [-0.1, -0.05) is 48.5 Å². The molecule has 2 aliphatic rings. The molecule has 5 heteroatoms.